The lowest BCUT2D eigenvalue weighted by Crippen LogP contribution is -2.41. The molecule has 1 aliphatic rings. The summed E-state index contributed by atoms with van der Waals surface area (Å²) in [5.74, 6) is 0.0783. The van der Waals surface area contributed by atoms with Crippen LogP contribution >= 0.6 is 0 Å². The summed E-state index contributed by atoms with van der Waals surface area (Å²) in [6.07, 6.45) is 0. The first kappa shape index (κ1) is 6.02. The summed E-state index contributed by atoms with van der Waals surface area (Å²) in [7, 11) is 0. The molecule has 0 amide bonds. The number of H-pyrrole nitrogens is 1. The number of hydrogen-bond acceptors (Lipinski definition) is 5. The van der Waals surface area contributed by atoms with Crippen molar-refractivity contribution in [1.29, 1.82) is 0 Å². The number of nitrogen functional groups attached to an aromatic ring is 1. The Bertz CT molecular complexity index is 459. The van der Waals surface area contributed by atoms with Crippen molar-refractivity contribution < 1.29 is 0 Å². The van der Waals surface area contributed by atoms with Crippen LogP contribution < -0.4 is 22.1 Å². The van der Waals surface area contributed by atoms with Crippen molar-refractivity contribution in [2.45, 2.75) is 0 Å². The Balaban J connectivity index is 3.05. The fourth-order valence-electron chi connectivity index (χ4n) is 0.898. The van der Waals surface area contributed by atoms with Crippen LogP contribution in [0.5, 0.6) is 0 Å². The standard InChI is InChI=1S/C5H5N5O/c6-5-9-3-2(4(11)10-5)7-1-8-3/h1H2,(H3,6,8,9,10,11). The summed E-state index contributed by atoms with van der Waals surface area (Å²) < 4.78 is 0. The van der Waals surface area contributed by atoms with E-state index in [4.69, 9.17) is 5.73 Å². The molecule has 0 radical (unpaired) electrons. The van der Waals surface area contributed by atoms with Gasteiger partial charge in [0.2, 0.25) is 5.95 Å². The monoisotopic (exact) mass is 151 g/mol. The van der Waals surface area contributed by atoms with Crippen molar-refractivity contribution in [3.63, 3.8) is 0 Å². The minimum atomic E-state index is -0.325. The van der Waals surface area contributed by atoms with Gasteiger partial charge in [0, 0.05) is 0 Å². The predicted molar refractivity (Wildman–Crippen MR) is 36.4 cm³/mol. The summed E-state index contributed by atoms with van der Waals surface area (Å²) in [4.78, 5) is 24.8. The van der Waals surface area contributed by atoms with Crippen molar-refractivity contribution in [3.05, 3.63) is 21.2 Å². The third-order valence-electron chi connectivity index (χ3n) is 1.34. The Morgan fingerprint density at radius 3 is 3.09 bits per heavy atom. The molecule has 1 aromatic rings. The summed E-state index contributed by atoms with van der Waals surface area (Å²) >= 11 is 0. The van der Waals surface area contributed by atoms with Gasteiger partial charge in [-0.2, -0.15) is 4.98 Å². The molecule has 3 N–H and O–H groups in total. The highest BCUT2D eigenvalue weighted by molar-refractivity contribution is 5.12. The van der Waals surface area contributed by atoms with Gasteiger partial charge in [0.25, 0.3) is 5.56 Å². The topological polar surface area (TPSA) is 96.5 Å². The number of aromatic nitrogens is 2. The molecule has 0 fully saturated rings. The van der Waals surface area contributed by atoms with E-state index in [0.29, 0.717) is 5.49 Å². The molecule has 0 saturated carbocycles. The first-order valence-electron chi connectivity index (χ1n) is 3.02. The van der Waals surface area contributed by atoms with Crippen molar-refractivity contribution in [3.8, 4) is 0 Å². The van der Waals surface area contributed by atoms with Crippen LogP contribution in [0.2, 0.25) is 0 Å². The van der Waals surface area contributed by atoms with Crippen LogP contribution in [0.4, 0.5) is 5.95 Å². The Kier molecular flexibility index (Phi) is 1.03. The van der Waals surface area contributed by atoms with Crippen LogP contribution in [0.25, 0.3) is 0 Å². The fraction of sp³-hybridized carbons (Fsp3) is 0.200. The Labute approximate surface area is 60.5 Å². The van der Waals surface area contributed by atoms with Crippen molar-refractivity contribution in [1.82, 2.24) is 9.97 Å². The van der Waals surface area contributed by atoms with E-state index in [1.54, 1.807) is 0 Å². The lowest BCUT2D eigenvalue weighted by molar-refractivity contribution is 1.02. The van der Waals surface area contributed by atoms with Crippen LogP contribution in [-0.2, 0) is 0 Å². The molecule has 1 aliphatic heterocycles. The average Bonchev–Trinajstić information content (AvgIpc) is 2.34. The van der Waals surface area contributed by atoms with Crippen LogP contribution in [0.15, 0.2) is 14.8 Å². The largest absolute Gasteiger partial charge is 0.369 e. The smallest absolute Gasteiger partial charge is 0.280 e. The molecule has 6 heteroatoms. The maximum Gasteiger partial charge on any atom is 0.280 e. The van der Waals surface area contributed by atoms with E-state index in [0.717, 1.165) is 0 Å². The molecule has 2 heterocycles. The molecule has 56 valence electrons. The molecule has 0 bridgehead atoms. The molecule has 0 aromatic carbocycles. The van der Waals surface area contributed by atoms with Gasteiger partial charge in [-0.3, -0.25) is 14.8 Å². The van der Waals surface area contributed by atoms with Gasteiger partial charge >= 0.3 is 0 Å². The van der Waals surface area contributed by atoms with Crippen molar-refractivity contribution in [2.24, 2.45) is 9.98 Å². The summed E-state index contributed by atoms with van der Waals surface area (Å²) in [6, 6.07) is 0. The molecule has 1 aromatic heterocycles. The summed E-state index contributed by atoms with van der Waals surface area (Å²) in [5.41, 5.74) is 5.28. The molecule has 2 rings (SSSR count). The van der Waals surface area contributed by atoms with E-state index in [9.17, 15) is 4.79 Å². The van der Waals surface area contributed by atoms with Gasteiger partial charge in [-0.15, -0.1) is 0 Å². The van der Waals surface area contributed by atoms with Crippen molar-refractivity contribution in [2.75, 3.05) is 12.4 Å². The van der Waals surface area contributed by atoms with Crippen LogP contribution in [-0.4, -0.2) is 16.6 Å². The first-order chi connectivity index (χ1) is 5.27. The summed E-state index contributed by atoms with van der Waals surface area (Å²) in [5, 5.41) is 0.277. The number of fused-ring (bicyclic) bond motifs is 1. The van der Waals surface area contributed by atoms with E-state index in [2.05, 4.69) is 20.0 Å². The lowest BCUT2D eigenvalue weighted by atomic mass is 10.6. The Morgan fingerprint density at radius 2 is 2.27 bits per heavy atom. The van der Waals surface area contributed by atoms with Gasteiger partial charge in [0.05, 0.1) is 0 Å². The maximum absolute atomic E-state index is 11.0. The number of nitrogens with one attached hydrogen (secondary N) is 1. The number of nitrogens with zero attached hydrogens (tertiary/aromatic N) is 3. The SMILES string of the molecule is Nc1nc2c(c(=O)[nH]1)=NCN=2. The minimum Gasteiger partial charge on any atom is -0.369 e. The highest BCUT2D eigenvalue weighted by Gasteiger charge is 2.02. The Hall–Kier alpha value is -1.72. The molecule has 0 saturated heterocycles. The predicted octanol–water partition coefficient (Wildman–Crippen LogP) is -2.44. The zero-order valence-electron chi connectivity index (χ0n) is 5.53. The molecule has 6 nitrogen and oxygen atoms in total. The molecular formula is C5H5N5O. The van der Waals surface area contributed by atoms with Crippen molar-refractivity contribution >= 4 is 5.95 Å². The quantitative estimate of drug-likeness (QED) is 0.431. The van der Waals surface area contributed by atoms with Gasteiger partial charge in [0.15, 0.2) is 10.8 Å². The zero-order valence-corrected chi connectivity index (χ0v) is 5.53. The molecule has 11 heavy (non-hydrogen) atoms. The van der Waals surface area contributed by atoms with Gasteiger partial charge in [-0.1, -0.05) is 0 Å². The minimum absolute atomic E-state index is 0.0783. The maximum atomic E-state index is 11.0. The third-order valence-corrected chi connectivity index (χ3v) is 1.34. The summed E-state index contributed by atoms with van der Waals surface area (Å²) in [6.45, 7) is 0.273. The van der Waals surface area contributed by atoms with E-state index >= 15 is 0 Å². The number of hydrogen-bond donors (Lipinski definition) is 2. The van der Waals surface area contributed by atoms with Gasteiger partial charge in [0.1, 0.15) is 6.67 Å². The van der Waals surface area contributed by atoms with E-state index in [1.807, 2.05) is 0 Å². The average molecular weight is 151 g/mol. The second-order valence-corrected chi connectivity index (χ2v) is 2.08. The zero-order chi connectivity index (χ0) is 7.84. The second-order valence-electron chi connectivity index (χ2n) is 2.08. The number of nitrogens with two attached hydrogens (primary N) is 1. The molecular weight excluding hydrogens is 146 g/mol. The van der Waals surface area contributed by atoms with Gasteiger partial charge < -0.3 is 5.73 Å². The number of anilines is 1. The van der Waals surface area contributed by atoms with E-state index in [1.165, 1.54) is 0 Å². The van der Waals surface area contributed by atoms with E-state index < -0.39 is 0 Å². The molecule has 0 spiro atoms. The molecule has 0 atom stereocenters. The van der Waals surface area contributed by atoms with Crippen LogP contribution in [0.1, 0.15) is 0 Å². The highest BCUT2D eigenvalue weighted by atomic mass is 16.1. The normalized spacial score (nSPS) is 13.5. The lowest BCUT2D eigenvalue weighted by Gasteiger charge is -1.86. The Morgan fingerprint density at radius 1 is 1.45 bits per heavy atom. The fourth-order valence-corrected chi connectivity index (χ4v) is 0.898. The number of aromatic amines is 1. The molecule has 0 aliphatic carbocycles. The van der Waals surface area contributed by atoms with Crippen LogP contribution in [0.3, 0.4) is 0 Å². The van der Waals surface area contributed by atoms with E-state index in [-0.39, 0.29) is 23.5 Å². The number of rotatable bonds is 0. The first-order valence-corrected chi connectivity index (χ1v) is 3.02. The second kappa shape index (κ2) is 1.88. The van der Waals surface area contributed by atoms with Crippen LogP contribution in [0, 0.1) is 0 Å². The molecule has 0 unspecified atom stereocenters. The highest BCUT2D eigenvalue weighted by Crippen LogP contribution is 1.75. The van der Waals surface area contributed by atoms with Gasteiger partial charge in [-0.25, -0.2) is 4.99 Å². The van der Waals surface area contributed by atoms with Gasteiger partial charge in [-0.05, 0) is 0 Å². The third kappa shape index (κ3) is 0.794.